The molecule has 6 heteroatoms. The van der Waals surface area contributed by atoms with E-state index in [-0.39, 0.29) is 11.1 Å². The van der Waals surface area contributed by atoms with Crippen molar-refractivity contribution >= 4 is 29.4 Å². The molecule has 0 atom stereocenters. The van der Waals surface area contributed by atoms with Crippen LogP contribution in [0.25, 0.3) is 0 Å². The van der Waals surface area contributed by atoms with Crippen LogP contribution in [0.3, 0.4) is 0 Å². The second-order valence-corrected chi connectivity index (χ2v) is 5.31. The summed E-state index contributed by atoms with van der Waals surface area (Å²) in [6.07, 6.45) is 0. The number of nitrogens with one attached hydrogen (secondary N) is 1. The van der Waals surface area contributed by atoms with Gasteiger partial charge in [-0.15, -0.1) is 0 Å². The van der Waals surface area contributed by atoms with Crippen molar-refractivity contribution in [1.82, 2.24) is 0 Å². The summed E-state index contributed by atoms with van der Waals surface area (Å²) in [4.78, 5) is 23.5. The van der Waals surface area contributed by atoms with E-state index >= 15 is 0 Å². The fourth-order valence-corrected chi connectivity index (χ4v) is 2.71. The Kier molecular flexibility index (Phi) is 4.49. The van der Waals surface area contributed by atoms with Gasteiger partial charge in [0.05, 0.1) is 11.1 Å². The van der Waals surface area contributed by atoms with Crippen LogP contribution in [-0.2, 0) is 0 Å². The predicted octanol–water partition coefficient (Wildman–Crippen LogP) is 3.28. The lowest BCUT2D eigenvalue weighted by molar-refractivity contribution is 0.0678. The van der Waals surface area contributed by atoms with Crippen LogP contribution in [0.1, 0.15) is 20.7 Å². The molecule has 21 heavy (non-hydrogen) atoms. The molecule has 0 heterocycles. The van der Waals surface area contributed by atoms with E-state index in [1.807, 2.05) is 24.3 Å². The van der Waals surface area contributed by atoms with Gasteiger partial charge >= 0.3 is 11.9 Å². The zero-order valence-corrected chi connectivity index (χ0v) is 12.0. The molecule has 0 unspecified atom stereocenters. The van der Waals surface area contributed by atoms with E-state index in [1.54, 1.807) is 7.05 Å². The maximum Gasteiger partial charge on any atom is 0.336 e. The largest absolute Gasteiger partial charge is 0.478 e. The zero-order chi connectivity index (χ0) is 15.4. The Labute approximate surface area is 125 Å². The molecule has 108 valence electrons. The molecule has 0 saturated heterocycles. The second kappa shape index (κ2) is 6.32. The van der Waals surface area contributed by atoms with Gasteiger partial charge in [-0.3, -0.25) is 0 Å². The summed E-state index contributed by atoms with van der Waals surface area (Å²) in [6.45, 7) is 0. The Balaban J connectivity index is 2.37. The van der Waals surface area contributed by atoms with Gasteiger partial charge < -0.3 is 15.5 Å². The van der Waals surface area contributed by atoms with Crippen LogP contribution < -0.4 is 5.32 Å². The standard InChI is InChI=1S/C15H13NO4S/c1-16-10-3-5-11(6-4-10)21-13-8-9(14(17)18)2-7-12(13)15(19)20/h2-8,16H,1H3,(H,17,18)(H,19,20). The molecule has 2 aromatic carbocycles. The molecule has 0 aliphatic rings. The van der Waals surface area contributed by atoms with Gasteiger partial charge in [0.25, 0.3) is 0 Å². The molecule has 0 fully saturated rings. The topological polar surface area (TPSA) is 86.6 Å². The van der Waals surface area contributed by atoms with Gasteiger partial charge in [-0.1, -0.05) is 11.8 Å². The number of carboxylic acid groups (broad SMARTS) is 2. The predicted molar refractivity (Wildman–Crippen MR) is 80.5 cm³/mol. The Morgan fingerprint density at radius 2 is 1.67 bits per heavy atom. The molecular formula is C15H13NO4S. The third-order valence-corrected chi connectivity index (χ3v) is 3.90. The van der Waals surface area contributed by atoms with Gasteiger partial charge in [0.1, 0.15) is 0 Å². The lowest BCUT2D eigenvalue weighted by Gasteiger charge is -2.08. The molecule has 0 aliphatic heterocycles. The van der Waals surface area contributed by atoms with Crippen molar-refractivity contribution in [3.63, 3.8) is 0 Å². The van der Waals surface area contributed by atoms with E-state index in [1.165, 1.54) is 30.0 Å². The van der Waals surface area contributed by atoms with Gasteiger partial charge in [-0.2, -0.15) is 0 Å². The summed E-state index contributed by atoms with van der Waals surface area (Å²) in [5, 5.41) is 21.2. The maximum absolute atomic E-state index is 11.2. The molecule has 0 aliphatic carbocycles. The van der Waals surface area contributed by atoms with Gasteiger partial charge in [-0.05, 0) is 42.5 Å². The normalized spacial score (nSPS) is 10.1. The van der Waals surface area contributed by atoms with Crippen LogP contribution in [0.5, 0.6) is 0 Å². The number of anilines is 1. The summed E-state index contributed by atoms with van der Waals surface area (Å²) < 4.78 is 0. The van der Waals surface area contributed by atoms with Crippen molar-refractivity contribution < 1.29 is 19.8 Å². The molecule has 2 aromatic rings. The van der Waals surface area contributed by atoms with Crippen molar-refractivity contribution in [3.05, 3.63) is 53.6 Å². The van der Waals surface area contributed by atoms with E-state index in [9.17, 15) is 14.7 Å². The first kappa shape index (κ1) is 14.9. The summed E-state index contributed by atoms with van der Waals surface area (Å²) in [6, 6.07) is 11.4. The van der Waals surface area contributed by atoms with Gasteiger partial charge in [0, 0.05) is 22.5 Å². The lowest BCUT2D eigenvalue weighted by Crippen LogP contribution is -2.02. The van der Waals surface area contributed by atoms with Crippen molar-refractivity contribution in [2.24, 2.45) is 0 Å². The SMILES string of the molecule is CNc1ccc(Sc2cc(C(=O)O)ccc2C(=O)O)cc1. The van der Waals surface area contributed by atoms with Crippen molar-refractivity contribution in [2.75, 3.05) is 12.4 Å². The van der Waals surface area contributed by atoms with Gasteiger partial charge in [-0.25, -0.2) is 9.59 Å². The van der Waals surface area contributed by atoms with E-state index in [0.717, 1.165) is 10.6 Å². The zero-order valence-electron chi connectivity index (χ0n) is 11.2. The minimum atomic E-state index is -1.08. The number of rotatable bonds is 5. The number of aromatic carboxylic acids is 2. The highest BCUT2D eigenvalue weighted by molar-refractivity contribution is 7.99. The second-order valence-electron chi connectivity index (χ2n) is 4.20. The first-order chi connectivity index (χ1) is 10.0. The maximum atomic E-state index is 11.2. The monoisotopic (exact) mass is 303 g/mol. The molecular weight excluding hydrogens is 290 g/mol. The highest BCUT2D eigenvalue weighted by Crippen LogP contribution is 2.32. The van der Waals surface area contributed by atoms with Crippen LogP contribution in [0, 0.1) is 0 Å². The molecule has 0 amide bonds. The summed E-state index contributed by atoms with van der Waals surface area (Å²) in [7, 11) is 1.81. The van der Waals surface area contributed by atoms with Crippen molar-refractivity contribution in [3.8, 4) is 0 Å². The number of carboxylic acids is 2. The minimum Gasteiger partial charge on any atom is -0.478 e. The Morgan fingerprint density at radius 1 is 1.00 bits per heavy atom. The Bertz CT molecular complexity index is 683. The van der Waals surface area contributed by atoms with E-state index in [4.69, 9.17) is 5.11 Å². The van der Waals surface area contributed by atoms with Crippen LogP contribution in [0.4, 0.5) is 5.69 Å². The lowest BCUT2D eigenvalue weighted by atomic mass is 10.1. The number of hydrogen-bond acceptors (Lipinski definition) is 4. The molecule has 0 spiro atoms. The number of hydrogen-bond donors (Lipinski definition) is 3. The first-order valence-electron chi connectivity index (χ1n) is 6.07. The van der Waals surface area contributed by atoms with Gasteiger partial charge in [0.2, 0.25) is 0 Å². The smallest absolute Gasteiger partial charge is 0.336 e. The summed E-state index contributed by atoms with van der Waals surface area (Å²) in [5.41, 5.74) is 1.09. The Morgan fingerprint density at radius 3 is 2.19 bits per heavy atom. The highest BCUT2D eigenvalue weighted by atomic mass is 32.2. The summed E-state index contributed by atoms with van der Waals surface area (Å²) in [5.74, 6) is -2.17. The average molecular weight is 303 g/mol. The highest BCUT2D eigenvalue weighted by Gasteiger charge is 2.14. The molecule has 2 rings (SSSR count). The number of benzene rings is 2. The molecule has 5 nitrogen and oxygen atoms in total. The number of carbonyl (C=O) groups is 2. The van der Waals surface area contributed by atoms with Gasteiger partial charge in [0.15, 0.2) is 0 Å². The van der Waals surface area contributed by atoms with Crippen molar-refractivity contribution in [1.29, 1.82) is 0 Å². The van der Waals surface area contributed by atoms with Crippen LogP contribution in [-0.4, -0.2) is 29.2 Å². The first-order valence-corrected chi connectivity index (χ1v) is 6.89. The quantitative estimate of drug-likeness (QED) is 0.786. The van der Waals surface area contributed by atoms with Crippen molar-refractivity contribution in [2.45, 2.75) is 9.79 Å². The molecule has 0 aromatic heterocycles. The fraction of sp³-hybridized carbons (Fsp3) is 0.0667. The van der Waals surface area contributed by atoms with Crippen LogP contribution >= 0.6 is 11.8 Å². The van der Waals surface area contributed by atoms with E-state index in [0.29, 0.717) is 4.90 Å². The van der Waals surface area contributed by atoms with E-state index < -0.39 is 11.9 Å². The average Bonchev–Trinajstić information content (AvgIpc) is 2.47. The summed E-state index contributed by atoms with van der Waals surface area (Å²) >= 11 is 1.22. The Hall–Kier alpha value is -2.47. The third kappa shape index (κ3) is 3.55. The molecule has 0 saturated carbocycles. The van der Waals surface area contributed by atoms with Crippen LogP contribution in [0.15, 0.2) is 52.3 Å². The molecule has 3 N–H and O–H groups in total. The third-order valence-electron chi connectivity index (χ3n) is 2.83. The minimum absolute atomic E-state index is 0.0642. The fourth-order valence-electron chi connectivity index (χ4n) is 1.73. The van der Waals surface area contributed by atoms with Crippen LogP contribution in [0.2, 0.25) is 0 Å². The molecule has 0 bridgehead atoms. The van der Waals surface area contributed by atoms with E-state index in [2.05, 4.69) is 5.32 Å². The molecule has 0 radical (unpaired) electrons.